The average Bonchev–Trinajstić information content (AvgIpc) is 2.13. The second-order valence-electron chi connectivity index (χ2n) is 5.02. The van der Waals surface area contributed by atoms with E-state index in [4.69, 9.17) is 17.2 Å². The lowest BCUT2D eigenvalue weighted by molar-refractivity contribution is -0.127. The predicted molar refractivity (Wildman–Crippen MR) is 67.0 cm³/mol. The van der Waals surface area contributed by atoms with Crippen LogP contribution >= 0.6 is 0 Å². The Morgan fingerprint density at radius 1 is 1.25 bits per heavy atom. The first-order valence-corrected chi connectivity index (χ1v) is 5.60. The molecule has 0 amide bonds. The van der Waals surface area contributed by atoms with Crippen molar-refractivity contribution in [3.63, 3.8) is 0 Å². The second-order valence-corrected chi connectivity index (χ2v) is 5.02. The highest BCUT2D eigenvalue weighted by atomic mass is 16.1. The molecule has 16 heavy (non-hydrogen) atoms. The minimum atomic E-state index is -0.376. The zero-order chi connectivity index (χ0) is 12.8. The largest absolute Gasteiger partial charge is 0.370 e. The van der Waals surface area contributed by atoms with Crippen LogP contribution in [0.1, 0.15) is 40.0 Å². The monoisotopic (exact) mass is 228 g/mol. The van der Waals surface area contributed by atoms with E-state index in [-0.39, 0.29) is 23.2 Å². The lowest BCUT2D eigenvalue weighted by atomic mass is 9.85. The summed E-state index contributed by atoms with van der Waals surface area (Å²) < 4.78 is 0. The number of aliphatic imine (C=N–C) groups is 1. The SMILES string of the molecule is CC(C)(C)C(=O)[C@@H](N)CCCCN=C(N)N. The fourth-order valence-corrected chi connectivity index (χ4v) is 1.37. The normalized spacial score (nSPS) is 13.2. The Balaban J connectivity index is 3.78. The van der Waals surface area contributed by atoms with Crippen LogP contribution in [0.4, 0.5) is 0 Å². The summed E-state index contributed by atoms with van der Waals surface area (Å²) in [5.41, 5.74) is 15.8. The molecule has 0 radical (unpaired) electrons. The lowest BCUT2D eigenvalue weighted by Crippen LogP contribution is -2.38. The van der Waals surface area contributed by atoms with Gasteiger partial charge in [0.05, 0.1) is 6.04 Å². The van der Waals surface area contributed by atoms with Crippen molar-refractivity contribution in [3.05, 3.63) is 0 Å². The van der Waals surface area contributed by atoms with Crippen LogP contribution in [0, 0.1) is 5.41 Å². The van der Waals surface area contributed by atoms with Crippen LogP contribution in [0.25, 0.3) is 0 Å². The van der Waals surface area contributed by atoms with E-state index < -0.39 is 0 Å². The van der Waals surface area contributed by atoms with E-state index >= 15 is 0 Å². The molecule has 0 aliphatic rings. The molecule has 0 unspecified atom stereocenters. The molecule has 5 nitrogen and oxygen atoms in total. The van der Waals surface area contributed by atoms with E-state index in [1.165, 1.54) is 0 Å². The van der Waals surface area contributed by atoms with E-state index in [1.54, 1.807) is 0 Å². The fourth-order valence-electron chi connectivity index (χ4n) is 1.37. The van der Waals surface area contributed by atoms with Crippen molar-refractivity contribution in [2.75, 3.05) is 6.54 Å². The van der Waals surface area contributed by atoms with Crippen LogP contribution in [-0.4, -0.2) is 24.3 Å². The molecule has 1 atom stereocenters. The third-order valence-electron chi connectivity index (χ3n) is 2.29. The van der Waals surface area contributed by atoms with Gasteiger partial charge in [-0.2, -0.15) is 0 Å². The van der Waals surface area contributed by atoms with Crippen molar-refractivity contribution in [2.24, 2.45) is 27.6 Å². The number of nitrogens with zero attached hydrogens (tertiary/aromatic N) is 1. The first-order valence-electron chi connectivity index (χ1n) is 5.60. The van der Waals surface area contributed by atoms with Crippen molar-refractivity contribution in [2.45, 2.75) is 46.1 Å². The van der Waals surface area contributed by atoms with Gasteiger partial charge in [-0.25, -0.2) is 0 Å². The summed E-state index contributed by atoms with van der Waals surface area (Å²) in [5.74, 6) is 0.212. The topological polar surface area (TPSA) is 107 Å². The Hall–Kier alpha value is -1.10. The van der Waals surface area contributed by atoms with Crippen molar-refractivity contribution in [3.8, 4) is 0 Å². The van der Waals surface area contributed by atoms with Crippen LogP contribution in [0.5, 0.6) is 0 Å². The van der Waals surface area contributed by atoms with Gasteiger partial charge in [-0.1, -0.05) is 20.8 Å². The minimum absolute atomic E-state index is 0.106. The summed E-state index contributed by atoms with van der Waals surface area (Å²) in [5, 5.41) is 0. The van der Waals surface area contributed by atoms with Crippen molar-refractivity contribution >= 4 is 11.7 Å². The number of carbonyl (C=O) groups is 1. The van der Waals surface area contributed by atoms with E-state index in [0.717, 1.165) is 12.8 Å². The molecule has 0 heterocycles. The summed E-state index contributed by atoms with van der Waals surface area (Å²) in [4.78, 5) is 15.6. The van der Waals surface area contributed by atoms with Crippen LogP contribution in [0.2, 0.25) is 0 Å². The Labute approximate surface area is 97.5 Å². The number of hydrogen-bond donors (Lipinski definition) is 3. The van der Waals surface area contributed by atoms with Gasteiger partial charge in [-0.15, -0.1) is 0 Å². The molecule has 0 aromatic heterocycles. The molecule has 6 N–H and O–H groups in total. The highest BCUT2D eigenvalue weighted by Crippen LogP contribution is 2.18. The number of rotatable bonds is 6. The third-order valence-corrected chi connectivity index (χ3v) is 2.29. The molecule has 0 saturated heterocycles. The molecule has 0 bridgehead atoms. The van der Waals surface area contributed by atoms with Gasteiger partial charge in [0.25, 0.3) is 0 Å². The zero-order valence-corrected chi connectivity index (χ0v) is 10.5. The average molecular weight is 228 g/mol. The first-order chi connectivity index (χ1) is 7.25. The van der Waals surface area contributed by atoms with E-state index in [9.17, 15) is 4.79 Å². The molecular weight excluding hydrogens is 204 g/mol. The number of nitrogens with two attached hydrogens (primary N) is 3. The Morgan fingerprint density at radius 3 is 2.25 bits per heavy atom. The summed E-state index contributed by atoms with van der Waals surface area (Å²) >= 11 is 0. The van der Waals surface area contributed by atoms with Gasteiger partial charge >= 0.3 is 0 Å². The summed E-state index contributed by atoms with van der Waals surface area (Å²) in [6.45, 7) is 6.25. The van der Waals surface area contributed by atoms with Gasteiger partial charge in [0.2, 0.25) is 0 Å². The minimum Gasteiger partial charge on any atom is -0.370 e. The summed E-state index contributed by atoms with van der Waals surface area (Å²) in [7, 11) is 0. The van der Waals surface area contributed by atoms with Gasteiger partial charge in [0, 0.05) is 12.0 Å². The number of hydrogen-bond acceptors (Lipinski definition) is 3. The molecule has 5 heteroatoms. The molecule has 0 fully saturated rings. The van der Waals surface area contributed by atoms with Gasteiger partial charge in [-0.3, -0.25) is 9.79 Å². The fraction of sp³-hybridized carbons (Fsp3) is 0.818. The number of guanidine groups is 1. The van der Waals surface area contributed by atoms with Crippen molar-refractivity contribution < 1.29 is 4.79 Å². The quantitative estimate of drug-likeness (QED) is 0.347. The Bertz CT molecular complexity index is 251. The number of ketones is 1. The number of carbonyl (C=O) groups excluding carboxylic acids is 1. The van der Waals surface area contributed by atoms with Gasteiger partial charge in [0.15, 0.2) is 11.7 Å². The molecular formula is C11H24N4O. The molecule has 0 aliphatic heterocycles. The van der Waals surface area contributed by atoms with Crippen LogP contribution in [0.15, 0.2) is 4.99 Å². The van der Waals surface area contributed by atoms with E-state index in [1.807, 2.05) is 20.8 Å². The smallest absolute Gasteiger partial charge is 0.185 e. The third kappa shape index (κ3) is 6.40. The highest BCUT2D eigenvalue weighted by molar-refractivity contribution is 5.88. The maximum Gasteiger partial charge on any atom is 0.185 e. The highest BCUT2D eigenvalue weighted by Gasteiger charge is 2.26. The van der Waals surface area contributed by atoms with Crippen LogP contribution in [0.3, 0.4) is 0 Å². The summed E-state index contributed by atoms with van der Waals surface area (Å²) in [6, 6.07) is -0.376. The lowest BCUT2D eigenvalue weighted by Gasteiger charge is -2.21. The van der Waals surface area contributed by atoms with Gasteiger partial charge < -0.3 is 17.2 Å². The molecule has 0 aliphatic carbocycles. The van der Waals surface area contributed by atoms with Crippen LogP contribution in [-0.2, 0) is 4.79 Å². The molecule has 0 rings (SSSR count). The number of unbranched alkanes of at least 4 members (excludes halogenated alkanes) is 1. The zero-order valence-electron chi connectivity index (χ0n) is 10.5. The van der Waals surface area contributed by atoms with Crippen molar-refractivity contribution in [1.82, 2.24) is 0 Å². The molecule has 0 aromatic rings. The molecule has 0 aromatic carbocycles. The maximum absolute atomic E-state index is 11.7. The van der Waals surface area contributed by atoms with Gasteiger partial charge in [0.1, 0.15) is 0 Å². The van der Waals surface area contributed by atoms with E-state index in [2.05, 4.69) is 4.99 Å². The molecule has 94 valence electrons. The second kappa shape index (κ2) is 6.48. The molecule has 0 saturated carbocycles. The Morgan fingerprint density at radius 2 is 1.81 bits per heavy atom. The van der Waals surface area contributed by atoms with Gasteiger partial charge in [-0.05, 0) is 19.3 Å². The van der Waals surface area contributed by atoms with Crippen LogP contribution < -0.4 is 17.2 Å². The maximum atomic E-state index is 11.7. The Kier molecular flexibility index (Phi) is 6.03. The predicted octanol–water partition coefficient (Wildman–Crippen LogP) is 0.373. The van der Waals surface area contributed by atoms with E-state index in [0.29, 0.717) is 13.0 Å². The number of Topliss-reactive ketones (excluding diaryl/α,β-unsaturated/α-hetero) is 1. The standard InChI is InChI=1S/C11H24N4O/c1-11(2,3)9(16)8(12)6-4-5-7-15-10(13)14/h8H,4-7,12H2,1-3H3,(H4,13,14,15)/t8-/m0/s1. The summed E-state index contributed by atoms with van der Waals surface area (Å²) in [6.07, 6.45) is 2.40. The van der Waals surface area contributed by atoms with Crippen molar-refractivity contribution in [1.29, 1.82) is 0 Å². The molecule has 0 spiro atoms. The first kappa shape index (κ1) is 14.9.